The minimum Gasteiger partial charge on any atom is -0.376 e. The summed E-state index contributed by atoms with van der Waals surface area (Å²) in [6, 6.07) is 0.331. The molecule has 2 unspecified atom stereocenters. The highest BCUT2D eigenvalue weighted by Gasteiger charge is 2.36. The van der Waals surface area contributed by atoms with Crippen molar-refractivity contribution in [1.29, 1.82) is 0 Å². The van der Waals surface area contributed by atoms with Crippen molar-refractivity contribution in [3.63, 3.8) is 0 Å². The summed E-state index contributed by atoms with van der Waals surface area (Å²) in [5.41, 5.74) is 1.39. The van der Waals surface area contributed by atoms with Crippen LogP contribution in [0.2, 0.25) is 0 Å². The number of amides is 3. The first-order valence-electron chi connectivity index (χ1n) is 15.4. The summed E-state index contributed by atoms with van der Waals surface area (Å²) >= 11 is 0. The Labute approximate surface area is 250 Å². The lowest BCUT2D eigenvalue weighted by Crippen LogP contribution is -2.55. The standard InChI is InChI=1S/C26H46N4O2.C3H6FNO.C3H8/c1-19(2)30-17-10-9-13-22(30)21(4)27-23(26(5,6)7)25(32)28(8)18-14-20(3)24(31)29-15-11-12-16-29;4-1-2-5-3-6;1-3-2/h14,19,22-23,27H,4,9-13,15-18H2,1-3,5-8H3;3H,1-2H2,(H,5,6);3H2,1-2H3/b20-14+;;. The average molecular weight is 582 g/mol. The van der Waals surface area contributed by atoms with E-state index in [-0.39, 0.29) is 35.9 Å². The molecule has 2 rings (SSSR count). The molecule has 0 spiro atoms. The van der Waals surface area contributed by atoms with Gasteiger partial charge in [0.15, 0.2) is 0 Å². The van der Waals surface area contributed by atoms with Crippen LogP contribution < -0.4 is 10.6 Å². The van der Waals surface area contributed by atoms with Crippen molar-refractivity contribution in [1.82, 2.24) is 25.3 Å². The molecule has 2 atom stereocenters. The molecule has 2 heterocycles. The smallest absolute Gasteiger partial charge is 0.249 e. The Morgan fingerprint density at radius 1 is 1.10 bits per heavy atom. The highest BCUT2D eigenvalue weighted by atomic mass is 19.1. The van der Waals surface area contributed by atoms with Gasteiger partial charge in [-0.1, -0.05) is 60.1 Å². The third-order valence-electron chi connectivity index (χ3n) is 7.15. The first kappa shape index (κ1) is 38.6. The molecule has 238 valence electrons. The summed E-state index contributed by atoms with van der Waals surface area (Å²) < 4.78 is 11.0. The number of halogens is 1. The van der Waals surface area contributed by atoms with E-state index in [9.17, 15) is 18.8 Å². The molecule has 0 aromatic heterocycles. The van der Waals surface area contributed by atoms with Gasteiger partial charge in [-0.15, -0.1) is 0 Å². The Balaban J connectivity index is 0.00000154. The van der Waals surface area contributed by atoms with E-state index in [1.165, 1.54) is 19.3 Å². The number of nitrogens with one attached hydrogen (secondary N) is 2. The Morgan fingerprint density at radius 3 is 2.12 bits per heavy atom. The van der Waals surface area contributed by atoms with Crippen molar-refractivity contribution in [2.45, 2.75) is 112 Å². The second-order valence-corrected chi connectivity index (χ2v) is 12.4. The van der Waals surface area contributed by atoms with E-state index >= 15 is 0 Å². The maximum absolute atomic E-state index is 13.4. The maximum Gasteiger partial charge on any atom is 0.249 e. The van der Waals surface area contributed by atoms with Crippen LogP contribution in [0.4, 0.5) is 4.39 Å². The zero-order valence-corrected chi connectivity index (χ0v) is 27.5. The molecule has 0 aliphatic carbocycles. The van der Waals surface area contributed by atoms with E-state index in [1.54, 1.807) is 4.90 Å². The van der Waals surface area contributed by atoms with Crippen LogP contribution in [-0.4, -0.2) is 97.5 Å². The molecule has 41 heavy (non-hydrogen) atoms. The van der Waals surface area contributed by atoms with Crippen LogP contribution in [0.1, 0.15) is 93.9 Å². The minimum atomic E-state index is -0.487. The van der Waals surface area contributed by atoms with Crippen molar-refractivity contribution < 1.29 is 18.8 Å². The molecule has 3 amide bonds. The topological polar surface area (TPSA) is 85.0 Å². The summed E-state index contributed by atoms with van der Waals surface area (Å²) in [7, 11) is 1.82. The number of hydrogen-bond donors (Lipinski definition) is 2. The summed E-state index contributed by atoms with van der Waals surface area (Å²) in [6.45, 7) is 24.0. The third kappa shape index (κ3) is 14.3. The number of nitrogens with zero attached hydrogens (tertiary/aromatic N) is 3. The zero-order chi connectivity index (χ0) is 31.6. The zero-order valence-electron chi connectivity index (χ0n) is 27.5. The summed E-state index contributed by atoms with van der Waals surface area (Å²) in [5.74, 6) is 0.122. The van der Waals surface area contributed by atoms with Crippen molar-refractivity contribution in [2.75, 3.05) is 46.4 Å². The van der Waals surface area contributed by atoms with Crippen LogP contribution in [0, 0.1) is 5.41 Å². The van der Waals surface area contributed by atoms with Crippen LogP contribution in [-0.2, 0) is 14.4 Å². The van der Waals surface area contributed by atoms with Gasteiger partial charge in [-0.2, -0.15) is 0 Å². The van der Waals surface area contributed by atoms with Crippen LogP contribution in [0.25, 0.3) is 0 Å². The van der Waals surface area contributed by atoms with E-state index in [1.807, 2.05) is 24.9 Å². The molecule has 2 fully saturated rings. The van der Waals surface area contributed by atoms with Crippen LogP contribution >= 0.6 is 0 Å². The molecule has 9 heteroatoms. The first-order valence-corrected chi connectivity index (χ1v) is 15.4. The molecule has 0 aromatic rings. The van der Waals surface area contributed by atoms with Gasteiger partial charge >= 0.3 is 0 Å². The van der Waals surface area contributed by atoms with Crippen LogP contribution in [0.15, 0.2) is 23.9 Å². The molecule has 0 aromatic carbocycles. The van der Waals surface area contributed by atoms with Gasteiger partial charge in [0.1, 0.15) is 12.7 Å². The van der Waals surface area contributed by atoms with Gasteiger partial charge in [0, 0.05) is 56.6 Å². The lowest BCUT2D eigenvalue weighted by atomic mass is 9.85. The SMILES string of the molecule is C=C(NC(C(=O)N(C)C/C=C(\C)C(=O)N1CCCC1)C(C)(C)C)C1CCCCN1C(C)C.CCC.O=CNCCF. The molecule has 0 saturated carbocycles. The number of hydrogen-bond acceptors (Lipinski definition) is 5. The summed E-state index contributed by atoms with van der Waals surface area (Å²) in [4.78, 5) is 41.4. The molecule has 2 aliphatic rings. The average Bonchev–Trinajstić information content (AvgIpc) is 3.47. The molecular formula is C32H60FN5O3. The Kier molecular flexibility index (Phi) is 19.2. The van der Waals surface area contributed by atoms with Crippen LogP contribution in [0.5, 0.6) is 0 Å². The van der Waals surface area contributed by atoms with E-state index in [0.29, 0.717) is 24.6 Å². The van der Waals surface area contributed by atoms with Crippen LogP contribution in [0.3, 0.4) is 0 Å². The minimum absolute atomic E-state index is 0.0308. The predicted molar refractivity (Wildman–Crippen MR) is 168 cm³/mol. The Bertz CT molecular complexity index is 819. The largest absolute Gasteiger partial charge is 0.376 e. The fourth-order valence-electron chi connectivity index (χ4n) is 4.83. The van der Waals surface area contributed by atoms with Gasteiger partial charge in [-0.25, -0.2) is 4.39 Å². The highest BCUT2D eigenvalue weighted by Crippen LogP contribution is 2.27. The van der Waals surface area contributed by atoms with Gasteiger partial charge in [0.25, 0.3) is 0 Å². The fraction of sp³-hybridized carbons (Fsp3) is 0.781. The lowest BCUT2D eigenvalue weighted by molar-refractivity contribution is -0.134. The number of carbonyl (C=O) groups is 3. The highest BCUT2D eigenvalue weighted by molar-refractivity contribution is 5.93. The van der Waals surface area contributed by atoms with Crippen molar-refractivity contribution >= 4 is 18.2 Å². The number of rotatable bonds is 11. The van der Waals surface area contributed by atoms with E-state index in [4.69, 9.17) is 0 Å². The quantitative estimate of drug-likeness (QED) is 0.206. The van der Waals surface area contributed by atoms with Gasteiger partial charge < -0.3 is 20.4 Å². The molecule has 2 aliphatic heterocycles. The van der Waals surface area contributed by atoms with E-state index < -0.39 is 6.67 Å². The predicted octanol–water partition coefficient (Wildman–Crippen LogP) is 4.91. The molecule has 8 nitrogen and oxygen atoms in total. The summed E-state index contributed by atoms with van der Waals surface area (Å²) in [6.07, 6.45) is 9.25. The normalized spacial score (nSPS) is 18.4. The Morgan fingerprint density at radius 2 is 1.66 bits per heavy atom. The van der Waals surface area contributed by atoms with Crippen molar-refractivity contribution in [3.8, 4) is 0 Å². The molecule has 2 saturated heterocycles. The number of alkyl halides is 1. The first-order chi connectivity index (χ1) is 19.3. The third-order valence-corrected chi connectivity index (χ3v) is 7.15. The summed E-state index contributed by atoms with van der Waals surface area (Å²) in [5, 5.41) is 5.67. The maximum atomic E-state index is 13.4. The number of likely N-dealkylation sites (tertiary alicyclic amines) is 2. The fourth-order valence-corrected chi connectivity index (χ4v) is 4.83. The van der Waals surface area contributed by atoms with E-state index in [2.05, 4.69) is 70.6 Å². The molecule has 0 radical (unpaired) electrons. The van der Waals surface area contributed by atoms with Crippen molar-refractivity contribution in [2.24, 2.45) is 5.41 Å². The lowest BCUT2D eigenvalue weighted by Gasteiger charge is -2.42. The molecular weight excluding hydrogens is 521 g/mol. The van der Waals surface area contributed by atoms with E-state index in [0.717, 1.165) is 44.6 Å². The monoisotopic (exact) mass is 581 g/mol. The second-order valence-electron chi connectivity index (χ2n) is 12.4. The van der Waals surface area contributed by atoms with Gasteiger partial charge in [0.2, 0.25) is 18.2 Å². The van der Waals surface area contributed by atoms with Gasteiger partial charge in [-0.05, 0) is 58.4 Å². The Hall–Kier alpha value is -2.42. The van der Waals surface area contributed by atoms with Gasteiger partial charge in [-0.3, -0.25) is 19.3 Å². The number of likely N-dealkylation sites (N-methyl/N-ethyl adjacent to an activating group) is 1. The number of carbonyl (C=O) groups excluding carboxylic acids is 3. The number of piperidine rings is 1. The molecule has 2 N–H and O–H groups in total. The second kappa shape index (κ2) is 20.5. The van der Waals surface area contributed by atoms with Gasteiger partial charge in [0.05, 0.1) is 0 Å². The molecule has 0 bridgehead atoms. The van der Waals surface area contributed by atoms with Crippen molar-refractivity contribution in [3.05, 3.63) is 23.9 Å².